The van der Waals surface area contributed by atoms with Crippen molar-refractivity contribution in [3.05, 3.63) is 210 Å². The number of rotatable bonds is 3. The smallest absolute Gasteiger partial charge is 0.140 e. The van der Waals surface area contributed by atoms with E-state index in [4.69, 9.17) is 9.47 Å². The summed E-state index contributed by atoms with van der Waals surface area (Å²) in [6.07, 6.45) is 0. The zero-order chi connectivity index (χ0) is 34.2. The largest absolute Gasteiger partial charge is 0.457 e. The lowest BCUT2D eigenvalue weighted by Gasteiger charge is -2.46. The molecule has 8 aromatic carbocycles. The number of nitrogens with zero attached hydrogens (tertiary/aromatic N) is 1. The van der Waals surface area contributed by atoms with Gasteiger partial charge in [-0.25, -0.2) is 0 Å². The molecule has 0 atom stereocenters. The molecule has 1 aromatic heterocycles. The molecular weight excluding hydrogens is 635 g/mol. The topological polar surface area (TPSA) is 23.4 Å². The first-order valence-electron chi connectivity index (χ1n) is 17.8. The number of hydrogen-bond acceptors (Lipinski definition) is 2. The molecule has 3 heteroatoms. The molecule has 244 valence electrons. The van der Waals surface area contributed by atoms with E-state index >= 15 is 0 Å². The lowest BCUT2D eigenvalue weighted by Crippen LogP contribution is -2.37. The van der Waals surface area contributed by atoms with Crippen LogP contribution in [-0.4, -0.2) is 4.57 Å². The zero-order valence-corrected chi connectivity index (χ0v) is 28.2. The number of fused-ring (bicyclic) bond motifs is 11. The van der Waals surface area contributed by atoms with Gasteiger partial charge in [-0.05, 0) is 59.2 Å². The minimum Gasteiger partial charge on any atom is -0.457 e. The highest BCUT2D eigenvalue weighted by molar-refractivity contribution is 6.16. The van der Waals surface area contributed by atoms with Crippen molar-refractivity contribution in [1.29, 1.82) is 0 Å². The van der Waals surface area contributed by atoms with Crippen LogP contribution in [0.3, 0.4) is 0 Å². The summed E-state index contributed by atoms with van der Waals surface area (Å²) in [6.45, 7) is 0. The molecule has 0 amide bonds. The van der Waals surface area contributed by atoms with Gasteiger partial charge >= 0.3 is 0 Å². The Morgan fingerprint density at radius 1 is 0.385 bits per heavy atom. The van der Waals surface area contributed by atoms with Gasteiger partial charge in [-0.15, -0.1) is 0 Å². The Morgan fingerprint density at radius 3 is 1.73 bits per heavy atom. The summed E-state index contributed by atoms with van der Waals surface area (Å²) in [6, 6.07) is 66.9. The second-order valence-corrected chi connectivity index (χ2v) is 13.6. The van der Waals surface area contributed by atoms with Crippen molar-refractivity contribution in [2.45, 2.75) is 5.41 Å². The van der Waals surface area contributed by atoms with Gasteiger partial charge in [0.2, 0.25) is 0 Å². The molecule has 0 aliphatic carbocycles. The molecular formula is C49H31NO2. The Balaban J connectivity index is 1.30. The molecule has 1 spiro atoms. The second-order valence-electron chi connectivity index (χ2n) is 13.6. The molecule has 2 aliphatic rings. The highest BCUT2D eigenvalue weighted by Crippen LogP contribution is 2.64. The molecule has 0 saturated heterocycles. The van der Waals surface area contributed by atoms with Crippen LogP contribution in [0.25, 0.3) is 49.7 Å². The van der Waals surface area contributed by atoms with E-state index in [1.807, 2.05) is 0 Å². The van der Waals surface area contributed by atoms with Crippen LogP contribution in [0, 0.1) is 0 Å². The molecule has 0 radical (unpaired) electrons. The van der Waals surface area contributed by atoms with Crippen molar-refractivity contribution < 1.29 is 9.47 Å². The van der Waals surface area contributed by atoms with Crippen LogP contribution < -0.4 is 9.47 Å². The van der Waals surface area contributed by atoms with Gasteiger partial charge in [-0.3, -0.25) is 0 Å². The van der Waals surface area contributed by atoms with Crippen molar-refractivity contribution in [3.63, 3.8) is 0 Å². The minimum absolute atomic E-state index is 0.754. The van der Waals surface area contributed by atoms with Crippen LogP contribution in [0.2, 0.25) is 0 Å². The van der Waals surface area contributed by atoms with Crippen molar-refractivity contribution in [2.75, 3.05) is 0 Å². The normalized spacial score (nSPS) is 13.5. The van der Waals surface area contributed by atoms with Crippen molar-refractivity contribution >= 4 is 21.8 Å². The first kappa shape index (κ1) is 28.9. The zero-order valence-electron chi connectivity index (χ0n) is 28.2. The summed E-state index contributed by atoms with van der Waals surface area (Å²) in [5.74, 6) is 3.39. The molecule has 3 nitrogen and oxygen atoms in total. The molecule has 0 N–H and O–H groups in total. The first-order valence-corrected chi connectivity index (χ1v) is 17.8. The Labute approximate surface area is 301 Å². The Bertz CT molecular complexity index is 2810. The molecule has 0 fully saturated rings. The van der Waals surface area contributed by atoms with Gasteiger partial charge in [-0.1, -0.05) is 146 Å². The van der Waals surface area contributed by atoms with E-state index in [9.17, 15) is 0 Å². The monoisotopic (exact) mass is 665 g/mol. The van der Waals surface area contributed by atoms with Crippen molar-refractivity contribution in [3.8, 4) is 50.9 Å². The predicted molar refractivity (Wildman–Crippen MR) is 210 cm³/mol. The van der Waals surface area contributed by atoms with E-state index in [0.29, 0.717) is 0 Å². The maximum atomic E-state index is 7.21. The summed E-state index contributed by atoms with van der Waals surface area (Å²) in [5, 5.41) is 2.42. The van der Waals surface area contributed by atoms with E-state index < -0.39 is 5.41 Å². The highest BCUT2D eigenvalue weighted by Gasteiger charge is 2.52. The third-order valence-electron chi connectivity index (χ3n) is 10.9. The SMILES string of the molecule is c1ccc(-c2cccc3c2Oc2cccc(-c4cccc5c4c4ccccc4n5-c4ccccc4)c2C32c3ccccc3Oc3ccccc32)cc1. The lowest BCUT2D eigenvalue weighted by molar-refractivity contribution is 0.401. The van der Waals surface area contributed by atoms with E-state index in [2.05, 4.69) is 193 Å². The Kier molecular flexibility index (Phi) is 6.17. The third kappa shape index (κ3) is 3.91. The van der Waals surface area contributed by atoms with Crippen LogP contribution >= 0.6 is 0 Å². The maximum Gasteiger partial charge on any atom is 0.140 e. The molecule has 0 bridgehead atoms. The first-order chi connectivity index (χ1) is 25.8. The molecule has 2 aliphatic heterocycles. The fourth-order valence-corrected chi connectivity index (χ4v) is 8.91. The van der Waals surface area contributed by atoms with E-state index in [1.54, 1.807) is 0 Å². The highest BCUT2D eigenvalue weighted by atomic mass is 16.5. The van der Waals surface area contributed by atoms with Gasteiger partial charge < -0.3 is 14.0 Å². The summed E-state index contributed by atoms with van der Waals surface area (Å²) in [4.78, 5) is 0. The summed E-state index contributed by atoms with van der Waals surface area (Å²) < 4.78 is 16.3. The fraction of sp³-hybridized carbons (Fsp3) is 0.0204. The van der Waals surface area contributed by atoms with Gasteiger partial charge in [0.25, 0.3) is 0 Å². The number of para-hydroxylation sites is 5. The number of aromatic nitrogens is 1. The molecule has 52 heavy (non-hydrogen) atoms. The second kappa shape index (κ2) is 11.1. The van der Waals surface area contributed by atoms with Crippen LogP contribution in [0.4, 0.5) is 0 Å². The molecule has 11 rings (SSSR count). The number of ether oxygens (including phenoxy) is 2. The molecule has 9 aromatic rings. The average Bonchev–Trinajstić information content (AvgIpc) is 3.56. The van der Waals surface area contributed by atoms with Crippen LogP contribution in [0.1, 0.15) is 22.3 Å². The number of benzene rings is 8. The van der Waals surface area contributed by atoms with Crippen molar-refractivity contribution in [2.24, 2.45) is 0 Å². The van der Waals surface area contributed by atoms with Gasteiger partial charge in [-0.2, -0.15) is 0 Å². The third-order valence-corrected chi connectivity index (χ3v) is 10.9. The Hall–Kier alpha value is -6.84. The lowest BCUT2D eigenvalue weighted by atomic mass is 9.60. The summed E-state index contributed by atoms with van der Waals surface area (Å²) in [5.41, 5.74) is 11.6. The van der Waals surface area contributed by atoms with Gasteiger partial charge in [0, 0.05) is 44.3 Å². The fourth-order valence-electron chi connectivity index (χ4n) is 8.91. The quantitative estimate of drug-likeness (QED) is 0.187. The van der Waals surface area contributed by atoms with Crippen molar-refractivity contribution in [1.82, 2.24) is 4.57 Å². The standard InChI is InChI=1S/C49H31NO2/c1-3-16-32(17-4-1)34-21-13-26-40-48(34)52-45-31-15-23-36(47(45)49(40)38-24-8-11-29-43(38)51-44-30-12-9-25-39(44)49)35-22-14-28-42-46(35)37-20-7-10-27-41(37)50(42)33-18-5-2-6-19-33/h1-31H. The van der Waals surface area contributed by atoms with E-state index in [0.717, 1.165) is 78.7 Å². The van der Waals surface area contributed by atoms with Gasteiger partial charge in [0.1, 0.15) is 23.0 Å². The molecule has 0 unspecified atom stereocenters. The summed E-state index contributed by atoms with van der Waals surface area (Å²) >= 11 is 0. The number of hydrogen-bond donors (Lipinski definition) is 0. The van der Waals surface area contributed by atoms with Crippen LogP contribution in [0.15, 0.2) is 188 Å². The van der Waals surface area contributed by atoms with Gasteiger partial charge in [0.05, 0.1) is 16.4 Å². The van der Waals surface area contributed by atoms with Crippen LogP contribution in [0.5, 0.6) is 23.0 Å². The van der Waals surface area contributed by atoms with E-state index in [-0.39, 0.29) is 0 Å². The minimum atomic E-state index is -0.754. The maximum absolute atomic E-state index is 7.21. The molecule has 3 heterocycles. The molecule has 0 saturated carbocycles. The van der Waals surface area contributed by atoms with Gasteiger partial charge in [0.15, 0.2) is 0 Å². The predicted octanol–water partition coefficient (Wildman–Crippen LogP) is 12.7. The Morgan fingerprint density at radius 2 is 0.942 bits per heavy atom. The van der Waals surface area contributed by atoms with Crippen LogP contribution in [-0.2, 0) is 5.41 Å². The average molecular weight is 666 g/mol. The van der Waals surface area contributed by atoms with E-state index in [1.165, 1.54) is 16.3 Å². The summed E-state index contributed by atoms with van der Waals surface area (Å²) in [7, 11) is 0.